The minimum atomic E-state index is -0.528. The van der Waals surface area contributed by atoms with Crippen LogP contribution in [0.3, 0.4) is 0 Å². The zero-order valence-electron chi connectivity index (χ0n) is 51.9. The first kappa shape index (κ1) is 60.7. The van der Waals surface area contributed by atoms with Crippen LogP contribution < -0.4 is 9.47 Å². The van der Waals surface area contributed by atoms with Crippen molar-refractivity contribution in [2.24, 2.45) is 0 Å². The molecule has 12 nitrogen and oxygen atoms in total. The normalized spacial score (nSPS) is 11.8. The van der Waals surface area contributed by atoms with Crippen molar-refractivity contribution >= 4 is 148 Å². The second-order valence-electron chi connectivity index (χ2n) is 24.0. The number of carbonyl (C=O) groups excluding carboxylic acids is 4. The average molecular weight is 1320 g/mol. The zero-order chi connectivity index (χ0) is 65.7. The van der Waals surface area contributed by atoms with E-state index in [0.717, 1.165) is 132 Å². The van der Waals surface area contributed by atoms with Gasteiger partial charge in [0.15, 0.2) is 23.0 Å². The molecule has 15 heteroatoms. The van der Waals surface area contributed by atoms with Crippen molar-refractivity contribution in [3.05, 3.63) is 277 Å². The molecule has 4 heterocycles. The molecule has 0 radical (unpaired) electrons. The second-order valence-corrected chi connectivity index (χ2v) is 27.4. The summed E-state index contributed by atoms with van der Waals surface area (Å²) >= 11 is 4.53. The van der Waals surface area contributed by atoms with Gasteiger partial charge in [-0.2, -0.15) is 0 Å². The molecule has 0 saturated carbocycles. The predicted molar refractivity (Wildman–Crippen MR) is 390 cm³/mol. The summed E-state index contributed by atoms with van der Waals surface area (Å²) in [5, 5.41) is 32.2. The molecule has 0 atom stereocenters. The summed E-state index contributed by atoms with van der Waals surface area (Å²) < 4.78 is 23.0. The van der Waals surface area contributed by atoms with Crippen LogP contribution in [0.5, 0.6) is 23.0 Å². The summed E-state index contributed by atoms with van der Waals surface area (Å²) in [5.74, 6) is 0.740. The third-order valence-electron chi connectivity index (χ3n) is 18.1. The van der Waals surface area contributed by atoms with Crippen LogP contribution in [0.25, 0.3) is 87.2 Å². The van der Waals surface area contributed by atoms with Gasteiger partial charge in [0.2, 0.25) is 0 Å². The fourth-order valence-electron chi connectivity index (χ4n) is 13.7. The predicted octanol–water partition coefficient (Wildman–Crippen LogP) is 19.5. The molecule has 472 valence electrons. The molecular weight excluding hydrogens is 1270 g/mol. The second kappa shape index (κ2) is 25.8. The number of aromatic hydroxyl groups is 2. The van der Waals surface area contributed by atoms with Crippen molar-refractivity contribution < 1.29 is 38.9 Å². The van der Waals surface area contributed by atoms with E-state index >= 15 is 0 Å². The molecule has 2 N–H and O–H groups in total. The Hall–Kier alpha value is -11.2. The van der Waals surface area contributed by atoms with Crippen LogP contribution in [0.15, 0.2) is 284 Å². The third kappa shape index (κ3) is 11.5. The van der Waals surface area contributed by atoms with Gasteiger partial charge in [0.25, 0.3) is 0 Å². The highest BCUT2D eigenvalue weighted by molar-refractivity contribution is 8.00. The lowest BCUT2D eigenvalue weighted by molar-refractivity contribution is 0.111. The summed E-state index contributed by atoms with van der Waals surface area (Å²) in [7, 11) is 0. The number of rotatable bonds is 22. The van der Waals surface area contributed by atoms with E-state index in [-0.39, 0.29) is 11.5 Å². The third-order valence-corrected chi connectivity index (χ3v) is 21.3. The molecule has 0 aliphatic carbocycles. The molecule has 12 aromatic carbocycles. The maximum Gasteiger partial charge on any atom is 0.171 e. The Morgan fingerprint density at radius 2 is 0.546 bits per heavy atom. The fourth-order valence-corrected chi connectivity index (χ4v) is 16.3. The molecule has 0 saturated heterocycles. The number of carbonyl (C=O) groups is 4. The highest BCUT2D eigenvalue weighted by Gasteiger charge is 2.26. The van der Waals surface area contributed by atoms with Gasteiger partial charge in [0.05, 0.1) is 36.0 Å². The molecule has 0 aliphatic heterocycles. The van der Waals surface area contributed by atoms with E-state index in [2.05, 4.69) is 91.1 Å². The first-order chi connectivity index (χ1) is 47.7. The minimum Gasteiger partial charge on any atom is -0.503 e. The van der Waals surface area contributed by atoms with Gasteiger partial charge in [-0.15, -0.1) is 0 Å². The molecule has 0 amide bonds. The number of fused-ring (bicyclic) bond motifs is 12. The summed E-state index contributed by atoms with van der Waals surface area (Å²) in [5.41, 5.74) is 10.2. The maximum absolute atomic E-state index is 12.1. The van der Waals surface area contributed by atoms with E-state index in [1.807, 2.05) is 170 Å². The number of phenolic OH excluding ortho intramolecular Hbond substituents is 2. The Bertz CT molecular complexity index is 5180. The van der Waals surface area contributed by atoms with Crippen LogP contribution in [-0.4, -0.2) is 65.8 Å². The first-order valence-electron chi connectivity index (χ1n) is 31.7. The first-order valence-corrected chi connectivity index (χ1v) is 34.2. The fraction of sp³-hybridized carbons (Fsp3) is 0.0732. The molecule has 0 unspecified atom stereocenters. The quantitative estimate of drug-likeness (QED) is 0.0625. The summed E-state index contributed by atoms with van der Waals surface area (Å²) in [6.07, 6.45) is 2.42. The number of para-hydroxylation sites is 6. The monoisotopic (exact) mass is 1320 g/mol. The van der Waals surface area contributed by atoms with Gasteiger partial charge in [-0.25, -0.2) is 0 Å². The molecule has 97 heavy (non-hydrogen) atoms. The molecule has 0 fully saturated rings. The molecule has 16 aromatic rings. The number of phenols is 2. The van der Waals surface area contributed by atoms with Crippen LogP contribution in [0.4, 0.5) is 0 Å². The number of aromatic nitrogens is 4. The number of hydrogen-bond acceptors (Lipinski definition) is 11. The maximum atomic E-state index is 12.1. The van der Waals surface area contributed by atoms with Crippen LogP contribution in [-0.2, 0) is 26.2 Å². The highest BCUT2D eigenvalue weighted by Crippen LogP contribution is 2.45. The Kier molecular flexibility index (Phi) is 16.2. The topological polar surface area (TPSA) is 147 Å². The Labute approximate surface area is 568 Å². The molecule has 16 rings (SSSR count). The summed E-state index contributed by atoms with van der Waals surface area (Å²) in [6, 6.07) is 83.3. The lowest BCUT2D eigenvalue weighted by Crippen LogP contribution is -2.28. The van der Waals surface area contributed by atoms with E-state index in [1.54, 1.807) is 23.9 Å². The standard InChI is InChI=1S/C82H58N4O8S3/c87-47-51-23-35-73-65(39-51)61-11-1-5-15-69(61)83(73)43-55(44-84-70-16-6-2-12-62(70)66-40-52(48-88)24-36-74(66)84)93-77-19-9-21-79(81(77)91)96-59-31-27-57(28-32-59)95-58-29-33-60(34-30-58)97-80-22-10-20-78(82(80)92)94-56(45-85-71-17-7-3-13-63(71)67-41-53(49-89)25-37-75(67)85)46-86-72-18-8-4-14-64(72)68-42-54(50-90)26-38-76(68)86/h1-42,47-50,55-56,91-92H,43-46H2. The highest BCUT2D eigenvalue weighted by atomic mass is 32.2. The smallest absolute Gasteiger partial charge is 0.171 e. The summed E-state index contributed by atoms with van der Waals surface area (Å²) in [6.45, 7) is 1.60. The SMILES string of the molecule is O=Cc1ccc2c(c1)c1ccccc1n2CC(Cn1c2ccccc2c2cc(C=O)ccc21)Oc1cccc(Sc2ccc(Sc3ccc(Sc4cccc(OC(Cn5c6ccccc6c6cc(C=O)ccc65)Cn5c6ccccc6c6cc(C=O)ccc65)c4O)cc3)cc2)c1O. The van der Waals surface area contributed by atoms with E-state index in [4.69, 9.17) is 9.47 Å². The Morgan fingerprint density at radius 1 is 0.289 bits per heavy atom. The van der Waals surface area contributed by atoms with Crippen LogP contribution >= 0.6 is 35.3 Å². The molecular formula is C82H58N4O8S3. The van der Waals surface area contributed by atoms with Crippen molar-refractivity contribution in [2.45, 2.75) is 67.8 Å². The van der Waals surface area contributed by atoms with Crippen LogP contribution in [0.2, 0.25) is 0 Å². The molecule has 0 bridgehead atoms. The van der Waals surface area contributed by atoms with Crippen molar-refractivity contribution in [1.82, 2.24) is 18.3 Å². The largest absolute Gasteiger partial charge is 0.503 e. The van der Waals surface area contributed by atoms with Crippen molar-refractivity contribution in [3.8, 4) is 23.0 Å². The van der Waals surface area contributed by atoms with E-state index < -0.39 is 12.2 Å². The van der Waals surface area contributed by atoms with Crippen molar-refractivity contribution in [3.63, 3.8) is 0 Å². The number of benzene rings is 12. The molecule has 4 aromatic heterocycles. The molecule has 0 spiro atoms. The van der Waals surface area contributed by atoms with Gasteiger partial charge >= 0.3 is 0 Å². The van der Waals surface area contributed by atoms with Gasteiger partial charge in [-0.1, -0.05) is 120 Å². The lowest BCUT2D eigenvalue weighted by Gasteiger charge is -2.24. The zero-order valence-corrected chi connectivity index (χ0v) is 54.3. The van der Waals surface area contributed by atoms with E-state index in [1.165, 1.54) is 23.5 Å². The van der Waals surface area contributed by atoms with Gasteiger partial charge in [-0.3, -0.25) is 19.2 Å². The summed E-state index contributed by atoms with van der Waals surface area (Å²) in [4.78, 5) is 53.2. The average Bonchev–Trinajstić information content (AvgIpc) is 1.66. The number of ether oxygens (including phenoxy) is 2. The van der Waals surface area contributed by atoms with Gasteiger partial charge in [0.1, 0.15) is 37.4 Å². The van der Waals surface area contributed by atoms with Crippen LogP contribution in [0, 0.1) is 0 Å². The Balaban J connectivity index is 0.632. The minimum absolute atomic E-state index is 0.0282. The van der Waals surface area contributed by atoms with Gasteiger partial charge in [0, 0.05) is 129 Å². The number of nitrogens with zero attached hydrogens (tertiary/aromatic N) is 4. The number of hydrogen-bond donors (Lipinski definition) is 2. The van der Waals surface area contributed by atoms with E-state index in [0.29, 0.717) is 69.7 Å². The number of aldehydes is 4. The van der Waals surface area contributed by atoms with Gasteiger partial charge < -0.3 is 38.0 Å². The van der Waals surface area contributed by atoms with Gasteiger partial charge in [-0.05, 0) is 170 Å². The lowest BCUT2D eigenvalue weighted by atomic mass is 10.1. The van der Waals surface area contributed by atoms with Crippen molar-refractivity contribution in [1.29, 1.82) is 0 Å². The molecule has 0 aliphatic rings. The van der Waals surface area contributed by atoms with Crippen molar-refractivity contribution in [2.75, 3.05) is 0 Å². The van der Waals surface area contributed by atoms with E-state index in [9.17, 15) is 29.4 Å². The Morgan fingerprint density at radius 3 is 0.825 bits per heavy atom. The van der Waals surface area contributed by atoms with Crippen LogP contribution in [0.1, 0.15) is 41.4 Å².